The number of thiophene rings is 1. The second-order valence-electron chi connectivity index (χ2n) is 4.74. The molecular formula is C13H19NO2S2. The maximum Gasteiger partial charge on any atom is 0.304 e. The first-order valence-electron chi connectivity index (χ1n) is 6.15. The monoisotopic (exact) mass is 285 g/mol. The van der Waals surface area contributed by atoms with Crippen LogP contribution in [0, 0.1) is 13.8 Å². The summed E-state index contributed by atoms with van der Waals surface area (Å²) in [6, 6.07) is 2.42. The summed E-state index contributed by atoms with van der Waals surface area (Å²) in [6.45, 7) is 6.17. The smallest absolute Gasteiger partial charge is 0.304 e. The molecule has 0 bridgehead atoms. The summed E-state index contributed by atoms with van der Waals surface area (Å²) >= 11 is 3.69. The number of rotatable bonds is 4. The van der Waals surface area contributed by atoms with E-state index in [0.29, 0.717) is 0 Å². The van der Waals surface area contributed by atoms with Gasteiger partial charge in [-0.1, -0.05) is 0 Å². The van der Waals surface area contributed by atoms with Gasteiger partial charge in [-0.05, 0) is 25.5 Å². The van der Waals surface area contributed by atoms with Gasteiger partial charge in [-0.15, -0.1) is 11.3 Å². The molecule has 0 radical (unpaired) electrons. The third-order valence-corrected chi connectivity index (χ3v) is 5.38. The fraction of sp³-hybridized carbons (Fsp3) is 0.615. The molecule has 3 nitrogen and oxygen atoms in total. The molecule has 0 aliphatic carbocycles. The van der Waals surface area contributed by atoms with Crippen LogP contribution in [0.25, 0.3) is 0 Å². The Balaban J connectivity index is 2.05. The molecule has 0 aromatic carbocycles. The van der Waals surface area contributed by atoms with Gasteiger partial charge in [0.2, 0.25) is 0 Å². The lowest BCUT2D eigenvalue weighted by Crippen LogP contribution is -2.42. The lowest BCUT2D eigenvalue weighted by molar-refractivity contribution is -0.138. The number of aliphatic carboxylic acids is 1. The number of carboxylic acid groups (broad SMARTS) is 1. The first-order valence-corrected chi connectivity index (χ1v) is 8.13. The highest BCUT2D eigenvalue weighted by Gasteiger charge is 2.25. The van der Waals surface area contributed by atoms with Gasteiger partial charge in [0.15, 0.2) is 0 Å². The Hall–Kier alpha value is -0.520. The van der Waals surface area contributed by atoms with Crippen LogP contribution in [0.1, 0.15) is 21.7 Å². The summed E-state index contributed by atoms with van der Waals surface area (Å²) < 4.78 is 0. The van der Waals surface area contributed by atoms with Crippen molar-refractivity contribution in [2.24, 2.45) is 0 Å². The van der Waals surface area contributed by atoms with Crippen molar-refractivity contribution in [1.29, 1.82) is 0 Å². The SMILES string of the molecule is Cc1cc(CN2CCSCC2CC(=O)O)c(C)s1. The Kier molecular flexibility index (Phi) is 4.70. The quantitative estimate of drug-likeness (QED) is 0.923. The van der Waals surface area contributed by atoms with Crippen molar-refractivity contribution in [2.45, 2.75) is 32.9 Å². The maximum absolute atomic E-state index is 10.9. The summed E-state index contributed by atoms with van der Waals surface area (Å²) in [5.74, 6) is 1.36. The molecule has 1 saturated heterocycles. The molecule has 0 spiro atoms. The van der Waals surface area contributed by atoms with Gasteiger partial charge in [0, 0.05) is 40.4 Å². The van der Waals surface area contributed by atoms with Gasteiger partial charge in [0.05, 0.1) is 6.42 Å². The number of carboxylic acids is 1. The van der Waals surface area contributed by atoms with Crippen molar-refractivity contribution in [1.82, 2.24) is 4.90 Å². The van der Waals surface area contributed by atoms with Crippen LogP contribution in [-0.4, -0.2) is 40.1 Å². The second-order valence-corrected chi connectivity index (χ2v) is 7.35. The van der Waals surface area contributed by atoms with Crippen molar-refractivity contribution in [3.63, 3.8) is 0 Å². The van der Waals surface area contributed by atoms with Gasteiger partial charge in [0.1, 0.15) is 0 Å². The van der Waals surface area contributed by atoms with E-state index < -0.39 is 5.97 Å². The minimum absolute atomic E-state index is 0.181. The van der Waals surface area contributed by atoms with Crippen LogP contribution in [0.4, 0.5) is 0 Å². The molecule has 2 heterocycles. The van der Waals surface area contributed by atoms with E-state index in [4.69, 9.17) is 5.11 Å². The zero-order valence-corrected chi connectivity index (χ0v) is 12.4. The predicted molar refractivity (Wildman–Crippen MR) is 77.6 cm³/mol. The van der Waals surface area contributed by atoms with E-state index in [0.717, 1.165) is 24.6 Å². The van der Waals surface area contributed by atoms with Crippen LogP contribution in [0.5, 0.6) is 0 Å². The van der Waals surface area contributed by atoms with E-state index in [2.05, 4.69) is 24.8 Å². The van der Waals surface area contributed by atoms with Crippen molar-refractivity contribution >= 4 is 29.1 Å². The lowest BCUT2D eigenvalue weighted by Gasteiger charge is -2.34. The molecule has 1 unspecified atom stereocenters. The standard InChI is InChI=1S/C13H19NO2S2/c1-9-5-11(10(2)18-9)7-14-3-4-17-8-12(14)6-13(15)16/h5,12H,3-4,6-8H2,1-2H3,(H,15,16). The number of nitrogens with zero attached hydrogens (tertiary/aromatic N) is 1. The maximum atomic E-state index is 10.9. The van der Waals surface area contributed by atoms with Crippen molar-refractivity contribution in [3.05, 3.63) is 21.4 Å². The van der Waals surface area contributed by atoms with E-state index >= 15 is 0 Å². The zero-order chi connectivity index (χ0) is 13.1. The Bertz CT molecular complexity index is 431. The molecule has 1 N–H and O–H groups in total. The topological polar surface area (TPSA) is 40.5 Å². The summed E-state index contributed by atoms with van der Waals surface area (Å²) in [7, 11) is 0. The van der Waals surface area contributed by atoms with Crippen LogP contribution < -0.4 is 0 Å². The first kappa shape index (κ1) is 13.9. The molecule has 0 saturated carbocycles. The minimum atomic E-state index is -0.689. The molecule has 1 aliphatic heterocycles. The van der Waals surface area contributed by atoms with Gasteiger partial charge in [-0.3, -0.25) is 9.69 Å². The third-order valence-electron chi connectivity index (χ3n) is 3.28. The highest BCUT2D eigenvalue weighted by molar-refractivity contribution is 7.99. The van der Waals surface area contributed by atoms with Crippen LogP contribution in [0.3, 0.4) is 0 Å². The molecule has 0 amide bonds. The molecule has 5 heteroatoms. The molecular weight excluding hydrogens is 266 g/mol. The molecule has 100 valence electrons. The van der Waals surface area contributed by atoms with Crippen LogP contribution >= 0.6 is 23.1 Å². The van der Waals surface area contributed by atoms with Crippen LogP contribution in [0.2, 0.25) is 0 Å². The first-order chi connectivity index (χ1) is 8.56. The van der Waals surface area contributed by atoms with Gasteiger partial charge in [-0.2, -0.15) is 11.8 Å². The Morgan fingerprint density at radius 3 is 2.94 bits per heavy atom. The number of aryl methyl sites for hydroxylation is 2. The highest BCUT2D eigenvalue weighted by atomic mass is 32.2. The summed E-state index contributed by atoms with van der Waals surface area (Å²) in [5.41, 5.74) is 1.36. The van der Waals surface area contributed by atoms with Crippen molar-refractivity contribution in [2.75, 3.05) is 18.1 Å². The molecule has 1 aromatic rings. The number of hydrogen-bond donors (Lipinski definition) is 1. The second kappa shape index (κ2) is 6.08. The van der Waals surface area contributed by atoms with Crippen LogP contribution in [0.15, 0.2) is 6.07 Å². The Labute approximate surface area is 116 Å². The predicted octanol–water partition coefficient (Wildman–Crippen LogP) is 2.76. The van der Waals surface area contributed by atoms with Crippen molar-refractivity contribution < 1.29 is 9.90 Å². The summed E-state index contributed by atoms with van der Waals surface area (Å²) in [6.07, 6.45) is 0.259. The minimum Gasteiger partial charge on any atom is -0.481 e. The highest BCUT2D eigenvalue weighted by Crippen LogP contribution is 2.26. The molecule has 1 aromatic heterocycles. The Morgan fingerprint density at radius 2 is 2.33 bits per heavy atom. The molecule has 1 aliphatic rings. The van der Waals surface area contributed by atoms with Crippen molar-refractivity contribution in [3.8, 4) is 0 Å². The number of hydrogen-bond acceptors (Lipinski definition) is 4. The molecule has 18 heavy (non-hydrogen) atoms. The fourth-order valence-electron chi connectivity index (χ4n) is 2.35. The summed E-state index contributed by atoms with van der Waals surface area (Å²) in [4.78, 5) is 15.9. The lowest BCUT2D eigenvalue weighted by atomic mass is 10.1. The molecule has 1 fully saturated rings. The van der Waals surface area contributed by atoms with E-state index in [1.54, 1.807) is 0 Å². The van der Waals surface area contributed by atoms with E-state index in [1.807, 2.05) is 23.1 Å². The Morgan fingerprint density at radius 1 is 1.56 bits per heavy atom. The molecule has 2 rings (SSSR count). The summed E-state index contributed by atoms with van der Waals surface area (Å²) in [5, 5.41) is 8.97. The average molecular weight is 285 g/mol. The van der Waals surface area contributed by atoms with E-state index in [1.165, 1.54) is 15.3 Å². The average Bonchev–Trinajstić information content (AvgIpc) is 2.59. The van der Waals surface area contributed by atoms with Gasteiger partial charge in [0.25, 0.3) is 0 Å². The normalized spacial score (nSPS) is 21.1. The number of thioether (sulfide) groups is 1. The van der Waals surface area contributed by atoms with E-state index in [-0.39, 0.29) is 12.5 Å². The largest absolute Gasteiger partial charge is 0.481 e. The van der Waals surface area contributed by atoms with Gasteiger partial charge < -0.3 is 5.11 Å². The number of carbonyl (C=O) groups is 1. The van der Waals surface area contributed by atoms with E-state index in [9.17, 15) is 4.79 Å². The van der Waals surface area contributed by atoms with Gasteiger partial charge in [-0.25, -0.2) is 0 Å². The fourth-order valence-corrected chi connectivity index (χ4v) is 4.42. The zero-order valence-electron chi connectivity index (χ0n) is 10.8. The van der Waals surface area contributed by atoms with Crippen LogP contribution in [-0.2, 0) is 11.3 Å². The molecule has 1 atom stereocenters. The third kappa shape index (κ3) is 3.49. The van der Waals surface area contributed by atoms with Gasteiger partial charge >= 0.3 is 5.97 Å².